The molecule has 1 aliphatic heterocycles. The number of aromatic nitrogens is 1. The molecular weight excluding hydrogens is 384 g/mol. The molecule has 5 nitrogen and oxygen atoms in total. The normalized spacial score (nSPS) is 16.4. The number of hydrogen-bond donors (Lipinski definition) is 0. The van der Waals surface area contributed by atoms with Gasteiger partial charge in [-0.1, -0.05) is 18.2 Å². The van der Waals surface area contributed by atoms with Crippen LogP contribution in [0.2, 0.25) is 0 Å². The molecule has 2 heterocycles. The summed E-state index contributed by atoms with van der Waals surface area (Å²) in [6.07, 6.45) is 2.06. The lowest BCUT2D eigenvalue weighted by atomic mass is 9.98. The smallest absolute Gasteiger partial charge is 0.273 e. The second-order valence-corrected chi connectivity index (χ2v) is 8.01. The van der Waals surface area contributed by atoms with Gasteiger partial charge in [-0.15, -0.1) is 11.3 Å². The Balaban J connectivity index is 1.38. The summed E-state index contributed by atoms with van der Waals surface area (Å²) in [5.74, 6) is 2.02. The van der Waals surface area contributed by atoms with E-state index in [9.17, 15) is 4.79 Å². The molecule has 3 aromatic rings. The fourth-order valence-electron chi connectivity index (χ4n) is 3.52. The molecule has 1 atom stereocenters. The van der Waals surface area contributed by atoms with E-state index in [2.05, 4.69) is 4.98 Å². The van der Waals surface area contributed by atoms with Gasteiger partial charge in [-0.2, -0.15) is 0 Å². The number of amides is 1. The number of carbonyl (C=O) groups excluding carboxylic acids is 1. The van der Waals surface area contributed by atoms with Gasteiger partial charge in [0.15, 0.2) is 0 Å². The van der Waals surface area contributed by atoms with Gasteiger partial charge in [0.25, 0.3) is 5.91 Å². The summed E-state index contributed by atoms with van der Waals surface area (Å²) in [6, 6.07) is 17.6. The second-order valence-electron chi connectivity index (χ2n) is 7.15. The molecule has 0 spiro atoms. The SMILES string of the molecule is COc1ccc(-c2nc(C(=O)N3CCCC(COc4ccccc4)C3)cs2)cc1. The Morgan fingerprint density at radius 2 is 1.93 bits per heavy atom. The summed E-state index contributed by atoms with van der Waals surface area (Å²) in [5.41, 5.74) is 1.51. The molecule has 0 radical (unpaired) electrons. The molecule has 29 heavy (non-hydrogen) atoms. The van der Waals surface area contributed by atoms with Crippen molar-refractivity contribution in [1.82, 2.24) is 9.88 Å². The van der Waals surface area contributed by atoms with Crippen molar-refractivity contribution >= 4 is 17.2 Å². The van der Waals surface area contributed by atoms with Crippen molar-refractivity contribution in [3.8, 4) is 22.1 Å². The van der Waals surface area contributed by atoms with Crippen molar-refractivity contribution in [2.75, 3.05) is 26.8 Å². The van der Waals surface area contributed by atoms with E-state index in [1.807, 2.05) is 64.9 Å². The van der Waals surface area contributed by atoms with Crippen molar-refractivity contribution in [3.63, 3.8) is 0 Å². The lowest BCUT2D eigenvalue weighted by Crippen LogP contribution is -2.41. The molecule has 1 unspecified atom stereocenters. The molecular formula is C23H24N2O3S. The third-order valence-electron chi connectivity index (χ3n) is 5.10. The number of likely N-dealkylation sites (tertiary alicyclic amines) is 1. The first-order chi connectivity index (χ1) is 14.2. The minimum absolute atomic E-state index is 0.00502. The van der Waals surface area contributed by atoms with Gasteiger partial charge < -0.3 is 14.4 Å². The molecule has 0 N–H and O–H groups in total. The number of methoxy groups -OCH3 is 1. The average Bonchev–Trinajstić information content (AvgIpc) is 3.28. The number of para-hydroxylation sites is 1. The predicted octanol–water partition coefficient (Wildman–Crippen LogP) is 4.75. The third kappa shape index (κ3) is 4.77. The number of ether oxygens (including phenoxy) is 2. The van der Waals surface area contributed by atoms with Gasteiger partial charge in [0.05, 0.1) is 13.7 Å². The predicted molar refractivity (Wildman–Crippen MR) is 115 cm³/mol. The van der Waals surface area contributed by atoms with Crippen LogP contribution < -0.4 is 9.47 Å². The molecule has 1 aromatic heterocycles. The van der Waals surface area contributed by atoms with E-state index in [4.69, 9.17) is 9.47 Å². The van der Waals surface area contributed by atoms with Crippen molar-refractivity contribution in [3.05, 3.63) is 65.7 Å². The quantitative estimate of drug-likeness (QED) is 0.591. The van der Waals surface area contributed by atoms with E-state index in [1.54, 1.807) is 7.11 Å². The van der Waals surface area contributed by atoms with Crippen LogP contribution in [0.5, 0.6) is 11.5 Å². The highest BCUT2D eigenvalue weighted by molar-refractivity contribution is 7.13. The molecule has 0 aliphatic carbocycles. The van der Waals surface area contributed by atoms with Crippen LogP contribution >= 0.6 is 11.3 Å². The van der Waals surface area contributed by atoms with Crippen molar-refractivity contribution in [2.24, 2.45) is 5.92 Å². The van der Waals surface area contributed by atoms with E-state index in [1.165, 1.54) is 11.3 Å². The van der Waals surface area contributed by atoms with Gasteiger partial charge in [-0.3, -0.25) is 4.79 Å². The maximum Gasteiger partial charge on any atom is 0.273 e. The van der Waals surface area contributed by atoms with E-state index in [-0.39, 0.29) is 5.91 Å². The van der Waals surface area contributed by atoms with Crippen molar-refractivity contribution in [1.29, 1.82) is 0 Å². The van der Waals surface area contributed by atoms with Gasteiger partial charge in [0, 0.05) is 30.0 Å². The number of nitrogens with zero attached hydrogens (tertiary/aromatic N) is 2. The summed E-state index contributed by atoms with van der Waals surface area (Å²) in [5, 5.41) is 2.70. The zero-order valence-electron chi connectivity index (χ0n) is 16.4. The molecule has 4 rings (SSSR count). The van der Waals surface area contributed by atoms with Gasteiger partial charge in [-0.25, -0.2) is 4.98 Å². The van der Waals surface area contributed by atoms with Crippen molar-refractivity contribution in [2.45, 2.75) is 12.8 Å². The molecule has 1 aliphatic rings. The van der Waals surface area contributed by atoms with E-state index in [0.717, 1.165) is 41.5 Å². The van der Waals surface area contributed by atoms with Gasteiger partial charge >= 0.3 is 0 Å². The Kier molecular flexibility index (Phi) is 6.10. The van der Waals surface area contributed by atoms with Gasteiger partial charge in [0.2, 0.25) is 0 Å². The van der Waals surface area contributed by atoms with Crippen LogP contribution in [0, 0.1) is 5.92 Å². The third-order valence-corrected chi connectivity index (χ3v) is 5.99. The summed E-state index contributed by atoms with van der Waals surface area (Å²) >= 11 is 1.49. The average molecular weight is 409 g/mol. The largest absolute Gasteiger partial charge is 0.497 e. The second kappa shape index (κ2) is 9.09. The Labute approximate surface area is 174 Å². The first kappa shape index (κ1) is 19.5. The number of thiazole rings is 1. The molecule has 0 bridgehead atoms. The summed E-state index contributed by atoms with van der Waals surface area (Å²) in [7, 11) is 1.64. The standard InChI is InChI=1S/C23H24N2O3S/c1-27-19-11-9-18(10-12-19)22-24-21(16-29-22)23(26)25-13-5-6-17(14-25)15-28-20-7-3-2-4-8-20/h2-4,7-12,16-17H,5-6,13-15H2,1H3. The minimum Gasteiger partial charge on any atom is -0.497 e. The van der Waals surface area contributed by atoms with E-state index < -0.39 is 0 Å². The van der Waals surface area contributed by atoms with Crippen LogP contribution in [0.15, 0.2) is 60.0 Å². The Hall–Kier alpha value is -2.86. The maximum atomic E-state index is 13.0. The first-order valence-corrected chi connectivity index (χ1v) is 10.7. The fraction of sp³-hybridized carbons (Fsp3) is 0.304. The highest BCUT2D eigenvalue weighted by Gasteiger charge is 2.26. The monoisotopic (exact) mass is 408 g/mol. The van der Waals surface area contributed by atoms with Gasteiger partial charge in [-0.05, 0) is 49.2 Å². The summed E-state index contributed by atoms with van der Waals surface area (Å²) in [4.78, 5) is 19.5. The van der Waals surface area contributed by atoms with Crippen LogP contribution in [-0.4, -0.2) is 42.6 Å². The van der Waals surface area contributed by atoms with Crippen LogP contribution in [-0.2, 0) is 0 Å². The number of piperidine rings is 1. The van der Waals surface area contributed by atoms with Crippen LogP contribution in [0.4, 0.5) is 0 Å². The molecule has 1 saturated heterocycles. The van der Waals surface area contributed by atoms with Crippen LogP contribution in [0.1, 0.15) is 23.3 Å². The van der Waals surface area contributed by atoms with Crippen LogP contribution in [0.3, 0.4) is 0 Å². The van der Waals surface area contributed by atoms with Crippen molar-refractivity contribution < 1.29 is 14.3 Å². The molecule has 6 heteroatoms. The highest BCUT2D eigenvalue weighted by Crippen LogP contribution is 2.27. The topological polar surface area (TPSA) is 51.7 Å². The molecule has 2 aromatic carbocycles. The zero-order chi connectivity index (χ0) is 20.1. The molecule has 0 saturated carbocycles. The lowest BCUT2D eigenvalue weighted by molar-refractivity contribution is 0.0628. The molecule has 1 amide bonds. The van der Waals surface area contributed by atoms with E-state index in [0.29, 0.717) is 24.8 Å². The molecule has 1 fully saturated rings. The fourth-order valence-corrected chi connectivity index (χ4v) is 4.32. The van der Waals surface area contributed by atoms with Crippen LogP contribution in [0.25, 0.3) is 10.6 Å². The Morgan fingerprint density at radius 1 is 1.14 bits per heavy atom. The zero-order valence-corrected chi connectivity index (χ0v) is 17.2. The number of benzene rings is 2. The summed E-state index contributed by atoms with van der Waals surface area (Å²) < 4.78 is 11.1. The molecule has 150 valence electrons. The Bertz CT molecular complexity index is 940. The van der Waals surface area contributed by atoms with Gasteiger partial charge in [0.1, 0.15) is 22.2 Å². The maximum absolute atomic E-state index is 13.0. The Morgan fingerprint density at radius 3 is 2.69 bits per heavy atom. The number of hydrogen-bond acceptors (Lipinski definition) is 5. The van der Waals surface area contributed by atoms with E-state index >= 15 is 0 Å². The number of carbonyl (C=O) groups is 1. The number of rotatable bonds is 6. The lowest BCUT2D eigenvalue weighted by Gasteiger charge is -2.32. The minimum atomic E-state index is 0.00502. The highest BCUT2D eigenvalue weighted by atomic mass is 32.1. The summed E-state index contributed by atoms with van der Waals surface area (Å²) in [6.45, 7) is 2.11. The first-order valence-electron chi connectivity index (χ1n) is 9.80.